The van der Waals surface area contributed by atoms with Crippen molar-refractivity contribution in [2.24, 2.45) is 5.41 Å². The maximum absolute atomic E-state index is 12.0. The molecule has 0 aliphatic rings. The zero-order valence-electron chi connectivity index (χ0n) is 10.9. The molecule has 0 unspecified atom stereocenters. The van der Waals surface area contributed by atoms with Gasteiger partial charge in [0.1, 0.15) is 0 Å². The lowest BCUT2D eigenvalue weighted by molar-refractivity contribution is -0.149. The number of pyridine rings is 1. The molecule has 104 valence electrons. The molecular weight excluding hydrogens is 268 g/mol. The van der Waals surface area contributed by atoms with Gasteiger partial charge in [0.25, 0.3) is 5.91 Å². The van der Waals surface area contributed by atoms with Crippen molar-refractivity contribution < 1.29 is 14.7 Å². The molecule has 0 radical (unpaired) electrons. The molecule has 1 rings (SSSR count). The van der Waals surface area contributed by atoms with Gasteiger partial charge in [0, 0.05) is 18.9 Å². The van der Waals surface area contributed by atoms with Crippen LogP contribution in [0, 0.1) is 5.41 Å². The Labute approximate surface area is 117 Å². The molecule has 0 saturated heterocycles. The second-order valence-electron chi connectivity index (χ2n) is 4.33. The van der Waals surface area contributed by atoms with Crippen LogP contribution in [0.3, 0.4) is 0 Å². The summed E-state index contributed by atoms with van der Waals surface area (Å²) < 4.78 is 0. The van der Waals surface area contributed by atoms with Gasteiger partial charge < -0.3 is 10.4 Å². The number of hydrogen-bond donors (Lipinski definition) is 2. The highest BCUT2D eigenvalue weighted by Gasteiger charge is 2.35. The number of hydrogen-bond acceptors (Lipinski definition) is 3. The van der Waals surface area contributed by atoms with E-state index in [1.807, 2.05) is 0 Å². The Kier molecular flexibility index (Phi) is 5.30. The number of amides is 1. The monoisotopic (exact) mass is 284 g/mol. The van der Waals surface area contributed by atoms with E-state index < -0.39 is 11.4 Å². The van der Waals surface area contributed by atoms with Crippen LogP contribution in [-0.4, -0.2) is 28.5 Å². The van der Waals surface area contributed by atoms with Gasteiger partial charge >= 0.3 is 5.97 Å². The molecule has 0 aromatic carbocycles. The van der Waals surface area contributed by atoms with E-state index in [0.29, 0.717) is 18.4 Å². The highest BCUT2D eigenvalue weighted by molar-refractivity contribution is 6.33. The van der Waals surface area contributed by atoms with Crippen molar-refractivity contribution in [1.29, 1.82) is 0 Å². The number of carbonyl (C=O) groups excluding carboxylic acids is 1. The van der Waals surface area contributed by atoms with Crippen LogP contribution < -0.4 is 5.32 Å². The smallest absolute Gasteiger partial charge is 0.311 e. The van der Waals surface area contributed by atoms with E-state index in [4.69, 9.17) is 11.6 Å². The lowest BCUT2D eigenvalue weighted by Gasteiger charge is -2.26. The zero-order valence-corrected chi connectivity index (χ0v) is 11.7. The molecule has 2 N–H and O–H groups in total. The topological polar surface area (TPSA) is 79.3 Å². The first-order valence-electron chi connectivity index (χ1n) is 6.08. The van der Waals surface area contributed by atoms with Crippen LogP contribution in [0.2, 0.25) is 5.02 Å². The Bertz CT molecular complexity index is 473. The van der Waals surface area contributed by atoms with E-state index >= 15 is 0 Å². The van der Waals surface area contributed by atoms with Gasteiger partial charge in [-0.05, 0) is 18.9 Å². The molecule has 0 bridgehead atoms. The van der Waals surface area contributed by atoms with Gasteiger partial charge in [-0.25, -0.2) is 0 Å². The second-order valence-corrected chi connectivity index (χ2v) is 4.74. The standard InChI is InChI=1S/C13H17ClN2O3/c1-3-13(4-2,12(18)19)8-16-11(17)9-5-6-15-7-10(9)14/h5-7H,3-4,8H2,1-2H3,(H,16,17)(H,18,19). The van der Waals surface area contributed by atoms with Gasteiger partial charge in [0.2, 0.25) is 0 Å². The fourth-order valence-corrected chi connectivity index (χ4v) is 1.99. The maximum Gasteiger partial charge on any atom is 0.311 e. The summed E-state index contributed by atoms with van der Waals surface area (Å²) in [5.41, 5.74) is -0.641. The Morgan fingerprint density at radius 1 is 1.42 bits per heavy atom. The summed E-state index contributed by atoms with van der Waals surface area (Å²) in [7, 11) is 0. The minimum absolute atomic E-state index is 0.0762. The fourth-order valence-electron chi connectivity index (χ4n) is 1.78. The third-order valence-electron chi connectivity index (χ3n) is 3.41. The molecule has 19 heavy (non-hydrogen) atoms. The van der Waals surface area contributed by atoms with Gasteiger partial charge in [0.05, 0.1) is 16.0 Å². The molecule has 0 aliphatic heterocycles. The predicted octanol–water partition coefficient (Wildman–Crippen LogP) is 2.36. The molecule has 5 nitrogen and oxygen atoms in total. The third-order valence-corrected chi connectivity index (χ3v) is 3.71. The number of aromatic nitrogens is 1. The normalized spacial score (nSPS) is 11.1. The number of carboxylic acid groups (broad SMARTS) is 1. The van der Waals surface area contributed by atoms with E-state index in [9.17, 15) is 14.7 Å². The molecule has 1 amide bonds. The molecule has 1 aromatic rings. The summed E-state index contributed by atoms with van der Waals surface area (Å²) in [5, 5.41) is 12.2. The van der Waals surface area contributed by atoms with Crippen molar-refractivity contribution in [3.8, 4) is 0 Å². The van der Waals surface area contributed by atoms with Gasteiger partial charge in [0.15, 0.2) is 0 Å². The predicted molar refractivity (Wildman–Crippen MR) is 72.2 cm³/mol. The molecule has 1 heterocycles. The van der Waals surface area contributed by atoms with E-state index in [1.165, 1.54) is 18.5 Å². The van der Waals surface area contributed by atoms with Gasteiger partial charge in [-0.15, -0.1) is 0 Å². The van der Waals surface area contributed by atoms with Crippen LogP contribution in [-0.2, 0) is 4.79 Å². The van der Waals surface area contributed by atoms with Crippen molar-refractivity contribution in [3.05, 3.63) is 29.0 Å². The number of carboxylic acids is 1. The number of rotatable bonds is 6. The van der Waals surface area contributed by atoms with E-state index in [2.05, 4.69) is 10.3 Å². The van der Waals surface area contributed by atoms with Crippen molar-refractivity contribution >= 4 is 23.5 Å². The number of carbonyl (C=O) groups is 2. The molecule has 0 aliphatic carbocycles. The summed E-state index contributed by atoms with van der Waals surface area (Å²) in [6.07, 6.45) is 3.73. The molecule has 0 saturated carbocycles. The summed E-state index contributed by atoms with van der Waals surface area (Å²) in [5.74, 6) is -1.29. The average molecular weight is 285 g/mol. The van der Waals surface area contributed by atoms with Crippen molar-refractivity contribution in [2.45, 2.75) is 26.7 Å². The summed E-state index contributed by atoms with van der Waals surface area (Å²) in [6, 6.07) is 1.50. The molecule has 1 aromatic heterocycles. The molecule has 0 atom stereocenters. The first kappa shape index (κ1) is 15.4. The average Bonchev–Trinajstić information content (AvgIpc) is 2.40. The number of nitrogens with one attached hydrogen (secondary N) is 1. The quantitative estimate of drug-likeness (QED) is 0.840. The maximum atomic E-state index is 12.0. The van der Waals surface area contributed by atoms with Gasteiger partial charge in [-0.1, -0.05) is 25.4 Å². The summed E-state index contributed by atoms with van der Waals surface area (Å²) >= 11 is 5.86. The largest absolute Gasteiger partial charge is 0.481 e. The highest BCUT2D eigenvalue weighted by Crippen LogP contribution is 2.26. The van der Waals surface area contributed by atoms with E-state index in [0.717, 1.165) is 0 Å². The Morgan fingerprint density at radius 3 is 2.53 bits per heavy atom. The Morgan fingerprint density at radius 2 is 2.05 bits per heavy atom. The van der Waals surface area contributed by atoms with Gasteiger partial charge in [-0.2, -0.15) is 0 Å². The van der Waals surface area contributed by atoms with Crippen LogP contribution in [0.15, 0.2) is 18.5 Å². The van der Waals surface area contributed by atoms with Crippen molar-refractivity contribution in [3.63, 3.8) is 0 Å². The first-order valence-corrected chi connectivity index (χ1v) is 6.45. The Balaban J connectivity index is 2.79. The minimum Gasteiger partial charge on any atom is -0.481 e. The second kappa shape index (κ2) is 6.52. The Hall–Kier alpha value is -1.62. The summed E-state index contributed by atoms with van der Waals surface area (Å²) in [6.45, 7) is 3.67. The van der Waals surface area contributed by atoms with E-state index in [1.54, 1.807) is 13.8 Å². The third kappa shape index (κ3) is 3.44. The van der Waals surface area contributed by atoms with Gasteiger partial charge in [-0.3, -0.25) is 14.6 Å². The van der Waals surface area contributed by atoms with E-state index in [-0.39, 0.29) is 17.5 Å². The van der Waals surface area contributed by atoms with Crippen LogP contribution in [0.5, 0.6) is 0 Å². The number of nitrogens with zero attached hydrogens (tertiary/aromatic N) is 1. The zero-order chi connectivity index (χ0) is 14.5. The SMILES string of the molecule is CCC(CC)(CNC(=O)c1ccncc1Cl)C(=O)O. The first-order chi connectivity index (χ1) is 8.96. The number of halogens is 1. The van der Waals surface area contributed by atoms with Crippen LogP contribution >= 0.6 is 11.6 Å². The molecular formula is C13H17ClN2O3. The fraction of sp³-hybridized carbons (Fsp3) is 0.462. The lowest BCUT2D eigenvalue weighted by Crippen LogP contribution is -2.42. The minimum atomic E-state index is -0.935. The highest BCUT2D eigenvalue weighted by atomic mass is 35.5. The van der Waals surface area contributed by atoms with Crippen LogP contribution in [0.1, 0.15) is 37.0 Å². The summed E-state index contributed by atoms with van der Waals surface area (Å²) in [4.78, 5) is 27.1. The molecule has 0 fully saturated rings. The molecule has 6 heteroatoms. The van der Waals surface area contributed by atoms with Crippen molar-refractivity contribution in [1.82, 2.24) is 10.3 Å². The van der Waals surface area contributed by atoms with Crippen LogP contribution in [0.25, 0.3) is 0 Å². The van der Waals surface area contributed by atoms with Crippen molar-refractivity contribution in [2.75, 3.05) is 6.54 Å². The lowest BCUT2D eigenvalue weighted by atomic mass is 9.82. The number of aliphatic carboxylic acids is 1. The van der Waals surface area contributed by atoms with Crippen LogP contribution in [0.4, 0.5) is 0 Å². The molecule has 0 spiro atoms.